The number of carbonyl (C=O) groups excluding carboxylic acids is 2. The smallest absolute Gasteiger partial charge is 0.295 e. The summed E-state index contributed by atoms with van der Waals surface area (Å²) in [5.74, 6) is -0.0246. The van der Waals surface area contributed by atoms with Gasteiger partial charge >= 0.3 is 0 Å². The lowest BCUT2D eigenvalue weighted by molar-refractivity contribution is -0.140. The maximum absolute atomic E-state index is 13.4. The van der Waals surface area contributed by atoms with Gasteiger partial charge in [-0.1, -0.05) is 32.0 Å². The Hall–Kier alpha value is -3.78. The topological polar surface area (TPSA) is 85.3 Å². The van der Waals surface area contributed by atoms with Crippen molar-refractivity contribution >= 4 is 28.8 Å². The number of likely N-dealkylation sites (tertiary alicyclic amines) is 1. The number of hydrogen-bond donors (Lipinski definition) is 1. The standard InChI is InChI=1S/C28H29NO6S/c1-16(2)20-14-17(11-12-21(20)33-3)25(30)23-24(19-9-6-10-22(34-4)27(19)35-5)29(28(32)26(23)31)15-18-8-7-13-36-18/h6-14,16,24,30H,15H2,1-5H3/b25-23+. The van der Waals surface area contributed by atoms with Crippen LogP contribution in [0.4, 0.5) is 0 Å². The first-order valence-corrected chi connectivity index (χ1v) is 12.4. The van der Waals surface area contributed by atoms with E-state index in [0.29, 0.717) is 28.4 Å². The van der Waals surface area contributed by atoms with Gasteiger partial charge in [-0.3, -0.25) is 9.59 Å². The van der Waals surface area contributed by atoms with Crippen LogP contribution in [-0.2, 0) is 16.1 Å². The second-order valence-electron chi connectivity index (χ2n) is 8.70. The first kappa shape index (κ1) is 25.3. The summed E-state index contributed by atoms with van der Waals surface area (Å²) >= 11 is 1.49. The molecule has 2 aromatic carbocycles. The zero-order valence-corrected chi connectivity index (χ0v) is 21.7. The van der Waals surface area contributed by atoms with Gasteiger partial charge in [0.2, 0.25) is 0 Å². The van der Waals surface area contributed by atoms with E-state index >= 15 is 0 Å². The Labute approximate surface area is 214 Å². The van der Waals surface area contributed by atoms with E-state index in [9.17, 15) is 14.7 Å². The van der Waals surface area contributed by atoms with Crippen LogP contribution in [0.25, 0.3) is 5.76 Å². The zero-order valence-electron chi connectivity index (χ0n) is 20.9. The molecule has 7 nitrogen and oxygen atoms in total. The summed E-state index contributed by atoms with van der Waals surface area (Å²) in [6.45, 7) is 4.25. The fourth-order valence-corrected chi connectivity index (χ4v) is 5.26. The van der Waals surface area contributed by atoms with E-state index in [-0.39, 0.29) is 23.8 Å². The predicted molar refractivity (Wildman–Crippen MR) is 139 cm³/mol. The Kier molecular flexibility index (Phi) is 7.35. The van der Waals surface area contributed by atoms with Crippen molar-refractivity contribution < 1.29 is 28.9 Å². The summed E-state index contributed by atoms with van der Waals surface area (Å²) in [5, 5.41) is 13.4. The molecule has 1 aliphatic heterocycles. The van der Waals surface area contributed by atoms with Crippen LogP contribution in [0, 0.1) is 0 Å². The highest BCUT2D eigenvalue weighted by Crippen LogP contribution is 2.46. The number of amides is 1. The van der Waals surface area contributed by atoms with Gasteiger partial charge in [0.1, 0.15) is 11.5 Å². The normalized spacial score (nSPS) is 17.1. The summed E-state index contributed by atoms with van der Waals surface area (Å²) in [4.78, 5) is 29.2. The van der Waals surface area contributed by atoms with Crippen molar-refractivity contribution in [2.75, 3.05) is 21.3 Å². The molecule has 2 heterocycles. The number of aliphatic hydroxyl groups excluding tert-OH is 1. The second-order valence-corrected chi connectivity index (χ2v) is 9.73. The Morgan fingerprint density at radius 3 is 2.36 bits per heavy atom. The Bertz CT molecular complexity index is 1310. The van der Waals surface area contributed by atoms with E-state index in [2.05, 4.69) is 0 Å². The number of rotatable bonds is 8. The first-order chi connectivity index (χ1) is 17.3. The number of benzene rings is 2. The number of thiophene rings is 1. The van der Waals surface area contributed by atoms with Crippen LogP contribution in [0.2, 0.25) is 0 Å². The van der Waals surface area contributed by atoms with Crippen LogP contribution < -0.4 is 14.2 Å². The van der Waals surface area contributed by atoms with Gasteiger partial charge in [-0.2, -0.15) is 0 Å². The Morgan fingerprint density at radius 1 is 1.00 bits per heavy atom. The number of para-hydroxylation sites is 1. The molecule has 1 N–H and O–H groups in total. The largest absolute Gasteiger partial charge is 0.507 e. The third-order valence-electron chi connectivity index (χ3n) is 6.30. The van der Waals surface area contributed by atoms with E-state index in [1.807, 2.05) is 31.4 Å². The van der Waals surface area contributed by atoms with Crippen molar-refractivity contribution in [3.63, 3.8) is 0 Å². The summed E-state index contributed by atoms with van der Waals surface area (Å²) in [5.41, 5.74) is 1.86. The SMILES string of the molecule is COc1ccc(/C(O)=C2\C(=O)C(=O)N(Cc3cccs3)C2c2cccc(OC)c2OC)cc1C(C)C. The third kappa shape index (κ3) is 4.44. The van der Waals surface area contributed by atoms with E-state index in [0.717, 1.165) is 10.4 Å². The fraction of sp³-hybridized carbons (Fsp3) is 0.286. The molecule has 1 atom stereocenters. The lowest BCUT2D eigenvalue weighted by Gasteiger charge is -2.27. The van der Waals surface area contributed by atoms with Gasteiger partial charge in [0, 0.05) is 16.0 Å². The molecule has 4 rings (SSSR count). The molecule has 0 bridgehead atoms. The van der Waals surface area contributed by atoms with Gasteiger partial charge < -0.3 is 24.2 Å². The predicted octanol–water partition coefficient (Wildman–Crippen LogP) is 5.52. The second kappa shape index (κ2) is 10.5. The van der Waals surface area contributed by atoms with Crippen LogP contribution in [0.1, 0.15) is 47.4 Å². The van der Waals surface area contributed by atoms with Gasteiger partial charge in [-0.25, -0.2) is 0 Å². The van der Waals surface area contributed by atoms with Gasteiger partial charge in [0.05, 0.1) is 39.5 Å². The molecule has 0 spiro atoms. The van der Waals surface area contributed by atoms with Gasteiger partial charge in [-0.05, 0) is 47.2 Å². The average Bonchev–Trinajstić information content (AvgIpc) is 3.49. The van der Waals surface area contributed by atoms with E-state index < -0.39 is 17.7 Å². The van der Waals surface area contributed by atoms with E-state index in [1.54, 1.807) is 43.5 Å². The molecule has 1 unspecified atom stereocenters. The van der Waals surface area contributed by atoms with Crippen LogP contribution in [0.15, 0.2) is 59.5 Å². The third-order valence-corrected chi connectivity index (χ3v) is 7.16. The van der Waals surface area contributed by atoms with Gasteiger partial charge in [0.15, 0.2) is 11.5 Å². The van der Waals surface area contributed by atoms with E-state index in [4.69, 9.17) is 14.2 Å². The number of Topliss-reactive ketones (excluding diaryl/α,β-unsaturated/α-hetero) is 1. The van der Waals surface area contributed by atoms with Crippen molar-refractivity contribution in [2.24, 2.45) is 0 Å². The molecule has 8 heteroatoms. The summed E-state index contributed by atoms with van der Waals surface area (Å²) < 4.78 is 16.6. The molecular weight excluding hydrogens is 478 g/mol. The molecule has 0 aliphatic carbocycles. The number of nitrogens with zero attached hydrogens (tertiary/aromatic N) is 1. The molecule has 1 aliphatic rings. The quantitative estimate of drug-likeness (QED) is 0.246. The van der Waals surface area contributed by atoms with E-state index in [1.165, 1.54) is 30.5 Å². The number of carbonyl (C=O) groups is 2. The molecule has 1 fully saturated rings. The monoisotopic (exact) mass is 507 g/mol. The summed E-state index contributed by atoms with van der Waals surface area (Å²) in [7, 11) is 4.62. The minimum Gasteiger partial charge on any atom is -0.507 e. The van der Waals surface area contributed by atoms with Crippen molar-refractivity contribution in [1.29, 1.82) is 0 Å². The molecule has 1 aromatic heterocycles. The highest BCUT2D eigenvalue weighted by atomic mass is 32.1. The number of methoxy groups -OCH3 is 3. The molecule has 1 amide bonds. The van der Waals surface area contributed by atoms with Crippen molar-refractivity contribution in [3.05, 3.63) is 81.1 Å². The van der Waals surface area contributed by atoms with Crippen molar-refractivity contribution in [3.8, 4) is 17.2 Å². The molecule has 0 radical (unpaired) electrons. The molecule has 36 heavy (non-hydrogen) atoms. The highest BCUT2D eigenvalue weighted by molar-refractivity contribution is 7.09. The highest BCUT2D eigenvalue weighted by Gasteiger charge is 2.47. The Morgan fingerprint density at radius 2 is 1.75 bits per heavy atom. The average molecular weight is 508 g/mol. The summed E-state index contributed by atoms with van der Waals surface area (Å²) in [6.07, 6.45) is 0. The van der Waals surface area contributed by atoms with Crippen molar-refractivity contribution in [2.45, 2.75) is 32.4 Å². The first-order valence-electron chi connectivity index (χ1n) is 11.5. The summed E-state index contributed by atoms with van der Waals surface area (Å²) in [6, 6.07) is 13.5. The maximum atomic E-state index is 13.4. The lowest BCUT2D eigenvalue weighted by atomic mass is 9.92. The Balaban J connectivity index is 1.95. The van der Waals surface area contributed by atoms with Gasteiger partial charge in [0.25, 0.3) is 11.7 Å². The minimum atomic E-state index is -0.873. The number of aliphatic hydroxyl groups is 1. The van der Waals surface area contributed by atoms with Crippen molar-refractivity contribution in [1.82, 2.24) is 4.90 Å². The molecule has 188 valence electrons. The molecule has 1 saturated heterocycles. The molecule has 0 saturated carbocycles. The van der Waals surface area contributed by atoms with Crippen LogP contribution in [-0.4, -0.2) is 43.0 Å². The zero-order chi connectivity index (χ0) is 26.0. The number of hydrogen-bond acceptors (Lipinski definition) is 7. The fourth-order valence-electron chi connectivity index (χ4n) is 4.55. The van der Waals surface area contributed by atoms with Crippen LogP contribution in [0.3, 0.4) is 0 Å². The molecular formula is C28H29NO6S. The van der Waals surface area contributed by atoms with Crippen LogP contribution in [0.5, 0.6) is 17.2 Å². The molecule has 3 aromatic rings. The number of ketones is 1. The number of ether oxygens (including phenoxy) is 3. The van der Waals surface area contributed by atoms with Gasteiger partial charge in [-0.15, -0.1) is 11.3 Å². The van der Waals surface area contributed by atoms with Crippen LogP contribution >= 0.6 is 11.3 Å². The maximum Gasteiger partial charge on any atom is 0.295 e. The lowest BCUT2D eigenvalue weighted by Crippen LogP contribution is -2.29. The minimum absolute atomic E-state index is 0.00276.